The van der Waals surface area contributed by atoms with Crippen LogP contribution in [0, 0.1) is 0 Å². The van der Waals surface area contributed by atoms with E-state index in [-0.39, 0.29) is 10.6 Å². The lowest BCUT2D eigenvalue weighted by Gasteiger charge is -2.02. The first kappa shape index (κ1) is 14.1. The van der Waals surface area contributed by atoms with Crippen LogP contribution in [0.25, 0.3) is 0 Å². The number of thiazole rings is 1. The van der Waals surface area contributed by atoms with Gasteiger partial charge in [0.1, 0.15) is 10.6 Å². The third-order valence-electron chi connectivity index (χ3n) is 3.33. The van der Waals surface area contributed by atoms with E-state index < -0.39 is 16.0 Å². The molecular weight excluding hydrogens is 314 g/mol. The summed E-state index contributed by atoms with van der Waals surface area (Å²) in [4.78, 5) is 16.3. The average Bonchev–Trinajstić information content (AvgIpc) is 3.02. The Morgan fingerprint density at radius 3 is 2.86 bits per heavy atom. The molecule has 0 atom stereocenters. The molecule has 0 bridgehead atoms. The molecule has 21 heavy (non-hydrogen) atoms. The molecule has 7 nitrogen and oxygen atoms in total. The molecule has 2 heterocycles. The van der Waals surface area contributed by atoms with Crippen molar-refractivity contribution in [3.8, 4) is 0 Å². The van der Waals surface area contributed by atoms with Crippen LogP contribution in [0.2, 0.25) is 0 Å². The van der Waals surface area contributed by atoms with Gasteiger partial charge < -0.3 is 9.67 Å². The van der Waals surface area contributed by atoms with Crippen LogP contribution >= 0.6 is 11.3 Å². The van der Waals surface area contributed by atoms with E-state index in [1.165, 1.54) is 29.1 Å². The molecular formula is C12H13N3O4S2. The van der Waals surface area contributed by atoms with Crippen LogP contribution in [0.1, 0.15) is 27.5 Å². The Labute approximate surface area is 125 Å². The lowest BCUT2D eigenvalue weighted by Crippen LogP contribution is -2.12. The van der Waals surface area contributed by atoms with Crippen LogP contribution in [0.15, 0.2) is 17.2 Å². The molecule has 0 aliphatic heterocycles. The van der Waals surface area contributed by atoms with Gasteiger partial charge in [0.2, 0.25) is 0 Å². The van der Waals surface area contributed by atoms with Crippen molar-refractivity contribution in [2.45, 2.75) is 24.2 Å². The first-order chi connectivity index (χ1) is 9.87. The summed E-state index contributed by atoms with van der Waals surface area (Å²) in [5, 5.41) is 9.30. The molecule has 0 amide bonds. The summed E-state index contributed by atoms with van der Waals surface area (Å²) in [6.07, 6.45) is 4.14. The number of rotatable bonds is 4. The third kappa shape index (κ3) is 2.54. The number of aromatic nitrogens is 2. The number of hydrogen-bond donors (Lipinski definition) is 2. The normalized spacial score (nSPS) is 14.1. The third-order valence-corrected chi connectivity index (χ3v) is 5.83. The minimum atomic E-state index is -3.82. The molecule has 112 valence electrons. The molecule has 0 saturated heterocycles. The number of anilines is 1. The number of fused-ring (bicyclic) bond motifs is 1. The summed E-state index contributed by atoms with van der Waals surface area (Å²) < 4.78 is 28.2. The number of carbonyl (C=O) groups is 1. The lowest BCUT2D eigenvalue weighted by atomic mass is 10.4. The minimum Gasteiger partial charge on any atom is -0.477 e. The Hall–Kier alpha value is -1.87. The molecule has 0 fully saturated rings. The Balaban J connectivity index is 1.89. The van der Waals surface area contributed by atoms with E-state index in [9.17, 15) is 13.2 Å². The monoisotopic (exact) mass is 327 g/mol. The van der Waals surface area contributed by atoms with Crippen molar-refractivity contribution in [3.05, 3.63) is 28.5 Å². The predicted octanol–water partition coefficient (Wildman–Crippen LogP) is 1.47. The SMILES string of the molecule is Cn1cc(S(=O)(=O)Nc2nc3c(s2)CCC3)cc1C(=O)O. The molecule has 1 aliphatic rings. The molecule has 1 aliphatic carbocycles. The highest BCUT2D eigenvalue weighted by Gasteiger charge is 2.23. The average molecular weight is 327 g/mol. The maximum absolute atomic E-state index is 12.3. The maximum Gasteiger partial charge on any atom is 0.352 e. The van der Waals surface area contributed by atoms with Crippen molar-refractivity contribution >= 4 is 32.5 Å². The number of carboxylic acid groups (broad SMARTS) is 1. The quantitative estimate of drug-likeness (QED) is 0.885. The fraction of sp³-hybridized carbons (Fsp3) is 0.333. The number of carboxylic acids is 1. The number of nitrogens with zero attached hydrogens (tertiary/aromatic N) is 2. The maximum atomic E-state index is 12.3. The Morgan fingerprint density at radius 1 is 1.48 bits per heavy atom. The van der Waals surface area contributed by atoms with Crippen molar-refractivity contribution in [2.75, 3.05) is 4.72 Å². The second-order valence-corrected chi connectivity index (χ2v) is 7.59. The molecule has 2 aromatic rings. The van der Waals surface area contributed by atoms with Crippen LogP contribution in [-0.4, -0.2) is 29.0 Å². The van der Waals surface area contributed by atoms with E-state index in [0.29, 0.717) is 5.13 Å². The van der Waals surface area contributed by atoms with Gasteiger partial charge in [0.25, 0.3) is 10.0 Å². The van der Waals surface area contributed by atoms with E-state index >= 15 is 0 Å². The van der Waals surface area contributed by atoms with Gasteiger partial charge in [0.15, 0.2) is 5.13 Å². The van der Waals surface area contributed by atoms with Crippen LogP contribution < -0.4 is 4.72 Å². The molecule has 3 rings (SSSR count). The number of hydrogen-bond acceptors (Lipinski definition) is 5. The molecule has 9 heteroatoms. The van der Waals surface area contributed by atoms with Crippen LogP contribution in [0.3, 0.4) is 0 Å². The molecule has 2 N–H and O–H groups in total. The summed E-state index contributed by atoms with van der Waals surface area (Å²) in [6, 6.07) is 1.13. The summed E-state index contributed by atoms with van der Waals surface area (Å²) in [6.45, 7) is 0. The molecule has 0 saturated carbocycles. The first-order valence-electron chi connectivity index (χ1n) is 6.28. The van der Waals surface area contributed by atoms with Crippen LogP contribution in [0.5, 0.6) is 0 Å². The highest BCUT2D eigenvalue weighted by Crippen LogP contribution is 2.31. The van der Waals surface area contributed by atoms with Crippen molar-refractivity contribution in [3.63, 3.8) is 0 Å². The van der Waals surface area contributed by atoms with Gasteiger partial charge in [0.05, 0.1) is 5.69 Å². The van der Waals surface area contributed by atoms with Crippen molar-refractivity contribution in [1.29, 1.82) is 0 Å². The van der Waals surface area contributed by atoms with E-state index in [0.717, 1.165) is 35.9 Å². The number of sulfonamides is 1. The topological polar surface area (TPSA) is 101 Å². The van der Waals surface area contributed by atoms with Gasteiger partial charge in [-0.25, -0.2) is 18.2 Å². The first-order valence-corrected chi connectivity index (χ1v) is 8.58. The van der Waals surface area contributed by atoms with E-state index in [4.69, 9.17) is 5.11 Å². The van der Waals surface area contributed by atoms with Gasteiger partial charge in [-0.05, 0) is 25.3 Å². The van der Waals surface area contributed by atoms with Crippen molar-refractivity contribution < 1.29 is 18.3 Å². The molecule has 0 aromatic carbocycles. The Bertz CT molecular complexity index is 798. The molecule has 0 radical (unpaired) electrons. The smallest absolute Gasteiger partial charge is 0.352 e. The molecule has 0 unspecified atom stereocenters. The summed E-state index contributed by atoms with van der Waals surface area (Å²) in [5.41, 5.74) is 0.869. The highest BCUT2D eigenvalue weighted by molar-refractivity contribution is 7.93. The summed E-state index contributed by atoms with van der Waals surface area (Å²) in [5.74, 6) is -1.17. The largest absolute Gasteiger partial charge is 0.477 e. The fourth-order valence-corrected chi connectivity index (χ4v) is 4.66. The molecule has 2 aromatic heterocycles. The van der Waals surface area contributed by atoms with Gasteiger partial charge in [-0.3, -0.25) is 4.72 Å². The van der Waals surface area contributed by atoms with Crippen molar-refractivity contribution in [2.24, 2.45) is 7.05 Å². The summed E-state index contributed by atoms with van der Waals surface area (Å²) in [7, 11) is -2.34. The van der Waals surface area contributed by atoms with Gasteiger partial charge in [0, 0.05) is 18.1 Å². The van der Waals surface area contributed by atoms with Crippen molar-refractivity contribution in [1.82, 2.24) is 9.55 Å². The molecule has 0 spiro atoms. The van der Waals surface area contributed by atoms with Gasteiger partial charge >= 0.3 is 5.97 Å². The predicted molar refractivity (Wildman–Crippen MR) is 77.3 cm³/mol. The van der Waals surface area contributed by atoms with E-state index in [1.807, 2.05) is 0 Å². The lowest BCUT2D eigenvalue weighted by molar-refractivity contribution is 0.0686. The number of aromatic carboxylic acids is 1. The van der Waals surface area contributed by atoms with E-state index in [2.05, 4.69) is 9.71 Å². The van der Waals surface area contributed by atoms with Crippen LogP contribution in [-0.2, 0) is 29.9 Å². The number of aryl methyl sites for hydroxylation is 3. The fourth-order valence-electron chi connectivity index (χ4n) is 2.30. The zero-order valence-corrected chi connectivity index (χ0v) is 12.8. The highest BCUT2D eigenvalue weighted by atomic mass is 32.2. The van der Waals surface area contributed by atoms with E-state index in [1.54, 1.807) is 0 Å². The zero-order valence-electron chi connectivity index (χ0n) is 11.2. The second-order valence-electron chi connectivity index (χ2n) is 4.83. The van der Waals surface area contributed by atoms with Gasteiger partial charge in [-0.1, -0.05) is 0 Å². The second kappa shape index (κ2) is 4.85. The van der Waals surface area contributed by atoms with Gasteiger partial charge in [-0.15, -0.1) is 11.3 Å². The zero-order chi connectivity index (χ0) is 15.2. The standard InChI is InChI=1S/C12H13N3O4S2/c1-15-6-7(5-9(15)11(16)17)21(18,19)14-12-13-8-3-2-4-10(8)20-12/h5-6H,2-4H2,1H3,(H,13,14)(H,16,17). The van der Waals surface area contributed by atoms with Crippen LogP contribution in [0.4, 0.5) is 5.13 Å². The Kier molecular flexibility index (Phi) is 3.25. The number of nitrogens with one attached hydrogen (secondary N) is 1. The van der Waals surface area contributed by atoms with Gasteiger partial charge in [-0.2, -0.15) is 0 Å². The minimum absolute atomic E-state index is 0.0854. The summed E-state index contributed by atoms with van der Waals surface area (Å²) >= 11 is 1.34. The Morgan fingerprint density at radius 2 is 2.24 bits per heavy atom.